The smallest absolute Gasteiger partial charge is 0.319 e. The van der Waals surface area contributed by atoms with Crippen LogP contribution in [0.2, 0.25) is 0 Å². The van der Waals surface area contributed by atoms with Crippen molar-refractivity contribution >= 4 is 23.3 Å². The molecule has 0 spiro atoms. The van der Waals surface area contributed by atoms with E-state index in [0.29, 0.717) is 17.9 Å². The Morgan fingerprint density at radius 3 is 2.23 bits per heavy atom. The molecule has 3 amide bonds. The summed E-state index contributed by atoms with van der Waals surface area (Å²) in [5.74, 6) is -0.0788. The van der Waals surface area contributed by atoms with E-state index in [1.165, 1.54) is 0 Å². The summed E-state index contributed by atoms with van der Waals surface area (Å²) in [4.78, 5) is 27.3. The molecule has 1 heterocycles. The fourth-order valence-corrected chi connectivity index (χ4v) is 3.79. The van der Waals surface area contributed by atoms with Crippen LogP contribution >= 0.6 is 0 Å². The van der Waals surface area contributed by atoms with Crippen LogP contribution in [0.5, 0.6) is 0 Å². The molecule has 0 radical (unpaired) electrons. The number of urea groups is 1. The summed E-state index contributed by atoms with van der Waals surface area (Å²) in [6.45, 7) is 6.92. The van der Waals surface area contributed by atoms with E-state index in [-0.39, 0.29) is 24.1 Å². The highest BCUT2D eigenvalue weighted by atomic mass is 16.5. The number of ether oxygens (including phenoxy) is 1. The van der Waals surface area contributed by atoms with E-state index < -0.39 is 0 Å². The molecule has 3 N–H and O–H groups in total. The second-order valence-corrected chi connectivity index (χ2v) is 7.57. The van der Waals surface area contributed by atoms with Crippen LogP contribution in [-0.2, 0) is 9.53 Å². The van der Waals surface area contributed by atoms with Crippen molar-refractivity contribution in [3.05, 3.63) is 60.2 Å². The highest BCUT2D eigenvalue weighted by Gasteiger charge is 2.25. The second-order valence-electron chi connectivity index (χ2n) is 7.57. The van der Waals surface area contributed by atoms with E-state index in [2.05, 4.69) is 34.7 Å². The average Bonchev–Trinajstić information content (AvgIpc) is 3.31. The van der Waals surface area contributed by atoms with Gasteiger partial charge in [-0.2, -0.15) is 0 Å². The molecule has 1 aliphatic rings. The number of hydrogen-bond acceptors (Lipinski definition) is 4. The summed E-state index contributed by atoms with van der Waals surface area (Å²) in [5.41, 5.74) is 2.31. The maximum Gasteiger partial charge on any atom is 0.319 e. The number of nitrogens with one attached hydrogen (secondary N) is 3. The first-order valence-electron chi connectivity index (χ1n) is 11.0. The third-order valence-electron chi connectivity index (χ3n) is 5.47. The van der Waals surface area contributed by atoms with Gasteiger partial charge in [0.25, 0.3) is 0 Å². The van der Waals surface area contributed by atoms with Gasteiger partial charge >= 0.3 is 6.03 Å². The number of hydrogen-bond donors (Lipinski definition) is 3. The molecule has 7 heteroatoms. The van der Waals surface area contributed by atoms with Gasteiger partial charge < -0.3 is 20.7 Å². The van der Waals surface area contributed by atoms with E-state index in [9.17, 15) is 9.59 Å². The van der Waals surface area contributed by atoms with E-state index >= 15 is 0 Å². The summed E-state index contributed by atoms with van der Waals surface area (Å²) in [6.07, 6.45) is 2.12. The van der Waals surface area contributed by atoms with Gasteiger partial charge in [-0.05, 0) is 55.8 Å². The third kappa shape index (κ3) is 6.54. The third-order valence-corrected chi connectivity index (χ3v) is 5.47. The zero-order valence-electron chi connectivity index (χ0n) is 18.3. The molecule has 31 heavy (non-hydrogen) atoms. The van der Waals surface area contributed by atoms with Gasteiger partial charge in [0.05, 0.1) is 6.10 Å². The predicted molar refractivity (Wildman–Crippen MR) is 123 cm³/mol. The SMILES string of the molecule is CCN(CC)C(C(=O)Nc1ccc(NC(=O)NCC2CCCO2)cc1)c1ccccc1. The fraction of sp³-hybridized carbons (Fsp3) is 0.417. The normalized spacial score (nSPS) is 16.7. The molecule has 0 saturated carbocycles. The van der Waals surface area contributed by atoms with Gasteiger partial charge in [0.1, 0.15) is 6.04 Å². The highest BCUT2D eigenvalue weighted by Crippen LogP contribution is 2.23. The van der Waals surface area contributed by atoms with Crippen LogP contribution in [-0.4, -0.2) is 49.2 Å². The highest BCUT2D eigenvalue weighted by molar-refractivity contribution is 5.96. The van der Waals surface area contributed by atoms with Crippen LogP contribution in [0.3, 0.4) is 0 Å². The number of carbonyl (C=O) groups excluding carboxylic acids is 2. The van der Waals surface area contributed by atoms with Crippen molar-refractivity contribution in [1.29, 1.82) is 0 Å². The molecule has 3 rings (SSSR count). The van der Waals surface area contributed by atoms with Gasteiger partial charge in [-0.3, -0.25) is 9.69 Å². The lowest BCUT2D eigenvalue weighted by atomic mass is 10.0. The molecule has 2 unspecified atom stereocenters. The first kappa shape index (κ1) is 22.8. The lowest BCUT2D eigenvalue weighted by molar-refractivity contribution is -0.121. The summed E-state index contributed by atoms with van der Waals surface area (Å²) in [6, 6.07) is 16.3. The van der Waals surface area contributed by atoms with Crippen LogP contribution < -0.4 is 16.0 Å². The van der Waals surface area contributed by atoms with Crippen molar-refractivity contribution in [2.75, 3.05) is 36.9 Å². The van der Waals surface area contributed by atoms with Crippen LogP contribution in [0.4, 0.5) is 16.2 Å². The van der Waals surface area contributed by atoms with Gasteiger partial charge in [0, 0.05) is 24.5 Å². The Morgan fingerprint density at radius 2 is 1.65 bits per heavy atom. The van der Waals surface area contributed by atoms with Crippen molar-refractivity contribution in [3.8, 4) is 0 Å². The van der Waals surface area contributed by atoms with E-state index in [0.717, 1.165) is 38.1 Å². The summed E-state index contributed by atoms with van der Waals surface area (Å²) in [7, 11) is 0. The lowest BCUT2D eigenvalue weighted by Crippen LogP contribution is -2.37. The minimum atomic E-state index is -0.363. The molecule has 1 aliphatic heterocycles. The molecule has 2 atom stereocenters. The van der Waals surface area contributed by atoms with Gasteiger partial charge in [-0.25, -0.2) is 4.79 Å². The number of carbonyl (C=O) groups is 2. The van der Waals surface area contributed by atoms with Gasteiger partial charge in [0.2, 0.25) is 5.91 Å². The lowest BCUT2D eigenvalue weighted by Gasteiger charge is -2.29. The Morgan fingerprint density at radius 1 is 1.00 bits per heavy atom. The first-order valence-corrected chi connectivity index (χ1v) is 11.0. The predicted octanol–water partition coefficient (Wildman–Crippen LogP) is 4.01. The van der Waals surface area contributed by atoms with Gasteiger partial charge in [-0.1, -0.05) is 44.2 Å². The van der Waals surface area contributed by atoms with Crippen LogP contribution in [0.15, 0.2) is 54.6 Å². The maximum absolute atomic E-state index is 13.1. The standard InChI is InChI=1S/C24H32N4O3/c1-3-28(4-2)22(18-9-6-5-7-10-18)23(29)26-19-12-14-20(15-13-19)27-24(30)25-17-21-11-8-16-31-21/h5-7,9-10,12-15,21-22H,3-4,8,11,16-17H2,1-2H3,(H,26,29)(H2,25,27,30). The van der Waals surface area contributed by atoms with Gasteiger partial charge in [-0.15, -0.1) is 0 Å². The van der Waals surface area contributed by atoms with Crippen LogP contribution in [0.1, 0.15) is 38.3 Å². The Bertz CT molecular complexity index is 832. The molecule has 0 bridgehead atoms. The molecule has 1 fully saturated rings. The van der Waals surface area contributed by atoms with Crippen LogP contribution in [0.25, 0.3) is 0 Å². The van der Waals surface area contributed by atoms with Crippen molar-refractivity contribution < 1.29 is 14.3 Å². The fourth-order valence-electron chi connectivity index (χ4n) is 3.79. The zero-order valence-corrected chi connectivity index (χ0v) is 18.3. The Hall–Kier alpha value is -2.90. The maximum atomic E-state index is 13.1. The zero-order chi connectivity index (χ0) is 22.1. The van der Waals surface area contributed by atoms with Crippen molar-refractivity contribution in [1.82, 2.24) is 10.2 Å². The first-order chi connectivity index (χ1) is 15.1. The average molecular weight is 425 g/mol. The molecule has 7 nitrogen and oxygen atoms in total. The minimum absolute atomic E-state index is 0.0788. The van der Waals surface area contributed by atoms with E-state index in [1.807, 2.05) is 30.3 Å². The summed E-state index contributed by atoms with van der Waals surface area (Å²) < 4.78 is 5.50. The molecular weight excluding hydrogens is 392 g/mol. The minimum Gasteiger partial charge on any atom is -0.376 e. The largest absolute Gasteiger partial charge is 0.376 e. The summed E-state index contributed by atoms with van der Waals surface area (Å²) in [5, 5.41) is 8.64. The number of amides is 3. The van der Waals surface area contributed by atoms with Crippen molar-refractivity contribution in [2.24, 2.45) is 0 Å². The van der Waals surface area contributed by atoms with Crippen molar-refractivity contribution in [3.63, 3.8) is 0 Å². The second kappa shape index (κ2) is 11.5. The van der Waals surface area contributed by atoms with E-state index in [1.54, 1.807) is 24.3 Å². The number of benzene rings is 2. The Kier molecular flexibility index (Phi) is 8.44. The number of rotatable bonds is 9. The molecule has 1 saturated heterocycles. The molecule has 166 valence electrons. The molecular formula is C24H32N4O3. The van der Waals surface area contributed by atoms with Crippen molar-refractivity contribution in [2.45, 2.75) is 38.8 Å². The number of anilines is 2. The number of likely N-dealkylation sites (N-methyl/N-ethyl adjacent to an activating group) is 1. The molecule has 0 aromatic heterocycles. The number of nitrogens with zero attached hydrogens (tertiary/aromatic N) is 1. The topological polar surface area (TPSA) is 82.7 Å². The van der Waals surface area contributed by atoms with Crippen LogP contribution in [0, 0.1) is 0 Å². The van der Waals surface area contributed by atoms with E-state index in [4.69, 9.17) is 4.74 Å². The van der Waals surface area contributed by atoms with Gasteiger partial charge in [0.15, 0.2) is 0 Å². The molecule has 2 aromatic carbocycles. The monoisotopic (exact) mass is 424 g/mol. The quantitative estimate of drug-likeness (QED) is 0.568. The Labute approximate surface area is 184 Å². The molecule has 0 aliphatic carbocycles. The summed E-state index contributed by atoms with van der Waals surface area (Å²) >= 11 is 0. The Balaban J connectivity index is 1.58. The molecule has 2 aromatic rings.